The lowest BCUT2D eigenvalue weighted by Crippen LogP contribution is -2.25. The summed E-state index contributed by atoms with van der Waals surface area (Å²) in [7, 11) is 0. The van der Waals surface area contributed by atoms with Crippen LogP contribution in [0.3, 0.4) is 0 Å². The molecular weight excluding hydrogens is 428 g/mol. The van der Waals surface area contributed by atoms with Gasteiger partial charge < -0.3 is 20.1 Å². The molecule has 1 heterocycles. The number of rotatable bonds is 6. The molecule has 2 aromatic carbocycles. The number of halogens is 1. The summed E-state index contributed by atoms with van der Waals surface area (Å²) < 4.78 is 6.44. The summed E-state index contributed by atoms with van der Waals surface area (Å²) in [5.74, 6) is -1.68. The van der Waals surface area contributed by atoms with E-state index in [2.05, 4.69) is 21.2 Å². The van der Waals surface area contributed by atoms with Crippen LogP contribution in [0.1, 0.15) is 12.0 Å². The van der Waals surface area contributed by atoms with Gasteiger partial charge in [0.15, 0.2) is 6.61 Å². The van der Waals surface area contributed by atoms with Gasteiger partial charge in [-0.3, -0.25) is 14.4 Å². The molecule has 0 aliphatic carbocycles. The third-order valence-electron chi connectivity index (χ3n) is 4.43. The molecule has 8 heteroatoms. The molecule has 0 spiro atoms. The molecule has 1 aliphatic heterocycles. The van der Waals surface area contributed by atoms with E-state index in [9.17, 15) is 14.4 Å². The predicted molar refractivity (Wildman–Crippen MR) is 108 cm³/mol. The molecule has 1 fully saturated rings. The fourth-order valence-electron chi connectivity index (χ4n) is 2.91. The van der Waals surface area contributed by atoms with Crippen LogP contribution >= 0.6 is 15.9 Å². The van der Waals surface area contributed by atoms with Crippen molar-refractivity contribution in [3.8, 4) is 5.75 Å². The van der Waals surface area contributed by atoms with E-state index in [1.165, 1.54) is 4.90 Å². The quantitative estimate of drug-likeness (QED) is 0.709. The zero-order valence-corrected chi connectivity index (χ0v) is 16.7. The fraction of sp³-hybridized carbons (Fsp3) is 0.250. The number of benzene rings is 2. The van der Waals surface area contributed by atoms with Gasteiger partial charge in [-0.2, -0.15) is 0 Å². The Hall–Kier alpha value is -2.87. The molecule has 2 amide bonds. The lowest BCUT2D eigenvalue weighted by atomic mass is 10.1. The van der Waals surface area contributed by atoms with Crippen molar-refractivity contribution in [2.75, 3.05) is 23.4 Å². The molecule has 0 unspecified atom stereocenters. The smallest absolute Gasteiger partial charge is 0.308 e. The van der Waals surface area contributed by atoms with E-state index in [1.807, 2.05) is 19.1 Å². The van der Waals surface area contributed by atoms with Crippen LogP contribution in [0.4, 0.5) is 11.4 Å². The summed E-state index contributed by atoms with van der Waals surface area (Å²) in [6.07, 6.45) is 0.00326. The van der Waals surface area contributed by atoms with Gasteiger partial charge >= 0.3 is 5.97 Å². The van der Waals surface area contributed by atoms with Crippen molar-refractivity contribution in [3.05, 3.63) is 52.5 Å². The van der Waals surface area contributed by atoms with Crippen LogP contribution in [-0.4, -0.2) is 36.0 Å². The van der Waals surface area contributed by atoms with E-state index in [4.69, 9.17) is 9.84 Å². The Morgan fingerprint density at radius 3 is 2.57 bits per heavy atom. The summed E-state index contributed by atoms with van der Waals surface area (Å²) in [5.41, 5.74) is 2.30. The number of hydrogen-bond acceptors (Lipinski definition) is 4. The highest BCUT2D eigenvalue weighted by molar-refractivity contribution is 9.10. The molecule has 1 aliphatic rings. The van der Waals surface area contributed by atoms with Gasteiger partial charge in [-0.05, 0) is 55.0 Å². The van der Waals surface area contributed by atoms with Crippen LogP contribution in [0, 0.1) is 12.8 Å². The number of carboxylic acids is 1. The number of nitrogens with one attached hydrogen (secondary N) is 1. The molecule has 3 rings (SSSR count). The summed E-state index contributed by atoms with van der Waals surface area (Å²) in [6, 6.07) is 12.1. The van der Waals surface area contributed by atoms with Crippen LogP contribution in [-0.2, 0) is 14.4 Å². The second kappa shape index (κ2) is 8.43. The van der Waals surface area contributed by atoms with Gasteiger partial charge in [-0.15, -0.1) is 0 Å². The number of amides is 2. The standard InChI is InChI=1S/C20H19BrN2O5/c1-12-8-14(2-7-17(12)21)22-18(24)11-28-16-5-3-15(4-6-16)23-10-13(20(26)27)9-19(23)25/h2-8,13H,9-11H2,1H3,(H,22,24)(H,26,27)/t13-/m0/s1. The Labute approximate surface area is 170 Å². The number of nitrogens with zero attached hydrogens (tertiary/aromatic N) is 1. The summed E-state index contributed by atoms with van der Waals surface area (Å²) in [5, 5.41) is 11.8. The first-order valence-corrected chi connectivity index (χ1v) is 9.45. The predicted octanol–water partition coefficient (Wildman–Crippen LogP) is 3.21. The third-order valence-corrected chi connectivity index (χ3v) is 5.32. The highest BCUT2D eigenvalue weighted by Gasteiger charge is 2.34. The summed E-state index contributed by atoms with van der Waals surface area (Å²) in [4.78, 5) is 36.5. The monoisotopic (exact) mass is 446 g/mol. The molecule has 0 saturated carbocycles. The Kier molecular flexibility index (Phi) is 5.99. The van der Waals surface area contributed by atoms with E-state index in [1.54, 1.807) is 30.3 Å². The zero-order valence-electron chi connectivity index (χ0n) is 15.1. The van der Waals surface area contributed by atoms with Gasteiger partial charge in [0.2, 0.25) is 5.91 Å². The molecule has 2 aromatic rings. The molecular formula is C20H19BrN2O5. The van der Waals surface area contributed by atoms with E-state index in [0.29, 0.717) is 17.1 Å². The molecule has 0 aromatic heterocycles. The van der Waals surface area contributed by atoms with Gasteiger partial charge in [-0.1, -0.05) is 15.9 Å². The normalized spacial score (nSPS) is 16.1. The number of ether oxygens (including phenoxy) is 1. The Bertz CT molecular complexity index is 913. The van der Waals surface area contributed by atoms with E-state index < -0.39 is 11.9 Å². The van der Waals surface area contributed by atoms with Crippen molar-refractivity contribution in [3.63, 3.8) is 0 Å². The van der Waals surface area contributed by atoms with Gasteiger partial charge in [-0.25, -0.2) is 0 Å². The van der Waals surface area contributed by atoms with Crippen LogP contribution in [0.5, 0.6) is 5.75 Å². The molecule has 146 valence electrons. The maximum absolute atomic E-state index is 12.0. The largest absolute Gasteiger partial charge is 0.484 e. The SMILES string of the molecule is Cc1cc(NC(=O)COc2ccc(N3C[C@@H](C(=O)O)CC3=O)cc2)ccc1Br. The van der Waals surface area contributed by atoms with E-state index in [0.717, 1.165) is 10.0 Å². The highest BCUT2D eigenvalue weighted by Crippen LogP contribution is 2.27. The first-order chi connectivity index (χ1) is 13.3. The lowest BCUT2D eigenvalue weighted by Gasteiger charge is -2.16. The third kappa shape index (κ3) is 4.69. The number of carboxylic acid groups (broad SMARTS) is 1. The van der Waals surface area contributed by atoms with Gasteiger partial charge in [0, 0.05) is 28.8 Å². The minimum atomic E-state index is -0.970. The number of carbonyl (C=O) groups is 3. The second-order valence-electron chi connectivity index (χ2n) is 6.54. The average molecular weight is 447 g/mol. The van der Waals surface area contributed by atoms with E-state index in [-0.39, 0.29) is 31.4 Å². The number of carbonyl (C=O) groups excluding carboxylic acids is 2. The molecule has 0 radical (unpaired) electrons. The van der Waals surface area contributed by atoms with Crippen molar-refractivity contribution in [1.29, 1.82) is 0 Å². The summed E-state index contributed by atoms with van der Waals surface area (Å²) in [6.45, 7) is 1.93. The van der Waals surface area contributed by atoms with Crippen LogP contribution in [0.15, 0.2) is 46.9 Å². The molecule has 0 bridgehead atoms. The maximum atomic E-state index is 12.0. The van der Waals surface area contributed by atoms with Crippen molar-refractivity contribution in [2.45, 2.75) is 13.3 Å². The Balaban J connectivity index is 1.54. The van der Waals surface area contributed by atoms with Gasteiger partial charge in [0.1, 0.15) is 5.75 Å². The molecule has 28 heavy (non-hydrogen) atoms. The van der Waals surface area contributed by atoms with Crippen LogP contribution in [0.2, 0.25) is 0 Å². The van der Waals surface area contributed by atoms with Crippen molar-refractivity contribution in [1.82, 2.24) is 0 Å². The Morgan fingerprint density at radius 2 is 1.96 bits per heavy atom. The highest BCUT2D eigenvalue weighted by atomic mass is 79.9. The topological polar surface area (TPSA) is 95.9 Å². The molecule has 7 nitrogen and oxygen atoms in total. The van der Waals surface area contributed by atoms with Gasteiger partial charge in [0.05, 0.1) is 5.92 Å². The first-order valence-electron chi connectivity index (χ1n) is 8.65. The fourth-order valence-corrected chi connectivity index (χ4v) is 3.16. The molecule has 2 N–H and O–H groups in total. The molecule has 1 atom stereocenters. The van der Waals surface area contributed by atoms with Crippen LogP contribution in [0.25, 0.3) is 0 Å². The van der Waals surface area contributed by atoms with Crippen molar-refractivity contribution in [2.24, 2.45) is 5.92 Å². The zero-order chi connectivity index (χ0) is 20.3. The lowest BCUT2D eigenvalue weighted by molar-refractivity contribution is -0.141. The maximum Gasteiger partial charge on any atom is 0.308 e. The number of aliphatic carboxylic acids is 1. The first kappa shape index (κ1) is 19.9. The van der Waals surface area contributed by atoms with Gasteiger partial charge in [0.25, 0.3) is 5.91 Å². The average Bonchev–Trinajstić information content (AvgIpc) is 3.06. The van der Waals surface area contributed by atoms with E-state index >= 15 is 0 Å². The number of hydrogen-bond donors (Lipinski definition) is 2. The molecule has 1 saturated heterocycles. The minimum absolute atomic E-state index is 0.00326. The Morgan fingerprint density at radius 1 is 1.25 bits per heavy atom. The minimum Gasteiger partial charge on any atom is -0.484 e. The van der Waals surface area contributed by atoms with Crippen molar-refractivity contribution >= 4 is 45.1 Å². The number of aryl methyl sites for hydroxylation is 1. The number of anilines is 2. The van der Waals surface area contributed by atoms with Crippen LogP contribution < -0.4 is 15.0 Å². The summed E-state index contributed by atoms with van der Waals surface area (Å²) >= 11 is 3.41. The second-order valence-corrected chi connectivity index (χ2v) is 7.39. The van der Waals surface area contributed by atoms with Crippen molar-refractivity contribution < 1.29 is 24.2 Å².